The molecule has 1 aliphatic heterocycles. The summed E-state index contributed by atoms with van der Waals surface area (Å²) in [6, 6.07) is 0. The first-order valence-electron chi connectivity index (χ1n) is 3.69. The van der Waals surface area contributed by atoms with Crippen LogP contribution in [0.4, 0.5) is 0 Å². The Balaban J connectivity index is 2.44. The van der Waals surface area contributed by atoms with Crippen LogP contribution in [0.3, 0.4) is 0 Å². The molecule has 1 heterocycles. The lowest BCUT2D eigenvalue weighted by Crippen LogP contribution is -2.16. The SMILES string of the molecule is ICS1(CI)CCCCC1. The lowest BCUT2D eigenvalue weighted by molar-refractivity contribution is 0.755. The number of hydrogen-bond donors (Lipinski definition) is 0. The average Bonchev–Trinajstić information content (AvgIpc) is 2.06. The molecule has 0 amide bonds. The maximum atomic E-state index is 2.59. The lowest BCUT2D eigenvalue weighted by atomic mass is 10.3. The largest absolute Gasteiger partial charge is 0.223 e. The molecule has 62 valence electrons. The number of alkyl halides is 2. The summed E-state index contributed by atoms with van der Waals surface area (Å²) in [4.78, 5) is 0. The fourth-order valence-corrected chi connectivity index (χ4v) is 11.3. The Morgan fingerprint density at radius 3 is 1.70 bits per heavy atom. The molecule has 1 fully saturated rings. The molecule has 0 saturated carbocycles. The van der Waals surface area contributed by atoms with Crippen LogP contribution >= 0.6 is 55.2 Å². The summed E-state index contributed by atoms with van der Waals surface area (Å²) >= 11 is 5.18. The van der Waals surface area contributed by atoms with Crippen LogP contribution in [0.1, 0.15) is 19.3 Å². The Kier molecular flexibility index (Phi) is 4.69. The normalized spacial score (nSPS) is 27.8. The van der Waals surface area contributed by atoms with Gasteiger partial charge in [-0.25, -0.2) is 10.0 Å². The van der Waals surface area contributed by atoms with E-state index in [1.54, 1.807) is 11.5 Å². The molecule has 0 radical (unpaired) electrons. The van der Waals surface area contributed by atoms with E-state index in [4.69, 9.17) is 0 Å². The van der Waals surface area contributed by atoms with Gasteiger partial charge in [-0.3, -0.25) is 0 Å². The quantitative estimate of drug-likeness (QED) is 0.503. The minimum atomic E-state index is -0.100. The van der Waals surface area contributed by atoms with Gasteiger partial charge < -0.3 is 0 Å². The standard InChI is InChI=1S/C7H14I2S/c8-6-10(7-9)4-2-1-3-5-10/h1-7H2. The van der Waals surface area contributed by atoms with Gasteiger partial charge >= 0.3 is 0 Å². The van der Waals surface area contributed by atoms with Crippen molar-refractivity contribution in [3.05, 3.63) is 0 Å². The second kappa shape index (κ2) is 4.74. The van der Waals surface area contributed by atoms with Gasteiger partial charge in [0.1, 0.15) is 0 Å². The van der Waals surface area contributed by atoms with Gasteiger partial charge in [0.2, 0.25) is 0 Å². The molecule has 1 saturated heterocycles. The summed E-state index contributed by atoms with van der Waals surface area (Å²) < 4.78 is 2.90. The highest BCUT2D eigenvalue weighted by atomic mass is 127. The van der Waals surface area contributed by atoms with Crippen molar-refractivity contribution in [1.29, 1.82) is 0 Å². The van der Waals surface area contributed by atoms with E-state index in [-0.39, 0.29) is 10.0 Å². The zero-order valence-corrected chi connectivity index (χ0v) is 11.2. The van der Waals surface area contributed by atoms with Crippen LogP contribution in [0.5, 0.6) is 0 Å². The lowest BCUT2D eigenvalue weighted by Gasteiger charge is -2.40. The van der Waals surface area contributed by atoms with Gasteiger partial charge in [-0.2, -0.15) is 0 Å². The summed E-state index contributed by atoms with van der Waals surface area (Å²) in [5, 5.41) is 0. The molecule has 0 aromatic heterocycles. The summed E-state index contributed by atoms with van der Waals surface area (Å²) in [5.74, 6) is 3.14. The molecule has 0 nitrogen and oxygen atoms in total. The van der Waals surface area contributed by atoms with Crippen LogP contribution in [0.25, 0.3) is 0 Å². The highest BCUT2D eigenvalue weighted by molar-refractivity contribution is 14.1. The summed E-state index contributed by atoms with van der Waals surface area (Å²) in [6.45, 7) is 0. The van der Waals surface area contributed by atoms with Crippen molar-refractivity contribution >= 4 is 55.2 Å². The third kappa shape index (κ3) is 2.40. The van der Waals surface area contributed by atoms with Gasteiger partial charge in [0.15, 0.2) is 0 Å². The number of hydrogen-bond acceptors (Lipinski definition) is 0. The number of halogens is 2. The predicted molar refractivity (Wildman–Crippen MR) is 69.0 cm³/mol. The molecule has 0 N–H and O–H groups in total. The van der Waals surface area contributed by atoms with Crippen LogP contribution in [-0.2, 0) is 0 Å². The Hall–Kier alpha value is 1.81. The molecule has 0 bridgehead atoms. The molecule has 0 aromatic rings. The van der Waals surface area contributed by atoms with Gasteiger partial charge in [0.25, 0.3) is 0 Å². The highest BCUT2D eigenvalue weighted by Crippen LogP contribution is 2.54. The topological polar surface area (TPSA) is 0 Å². The van der Waals surface area contributed by atoms with Crippen LogP contribution in [0.2, 0.25) is 0 Å². The molecule has 10 heavy (non-hydrogen) atoms. The van der Waals surface area contributed by atoms with Crippen molar-refractivity contribution < 1.29 is 0 Å². The summed E-state index contributed by atoms with van der Waals surface area (Å²) in [6.07, 6.45) is 4.53. The van der Waals surface area contributed by atoms with Crippen molar-refractivity contribution in [2.24, 2.45) is 0 Å². The molecule has 0 spiro atoms. The monoisotopic (exact) mass is 384 g/mol. The maximum absolute atomic E-state index is 2.59. The summed E-state index contributed by atoms with van der Waals surface area (Å²) in [5.41, 5.74) is 0. The van der Waals surface area contributed by atoms with Crippen LogP contribution in [0.15, 0.2) is 0 Å². The van der Waals surface area contributed by atoms with E-state index < -0.39 is 0 Å². The second-order valence-electron chi connectivity index (χ2n) is 2.91. The molecule has 0 atom stereocenters. The Bertz CT molecular complexity index is 93.8. The number of rotatable bonds is 2. The third-order valence-electron chi connectivity index (χ3n) is 2.12. The Labute approximate surface area is 92.5 Å². The fraction of sp³-hybridized carbons (Fsp3) is 1.00. The first-order chi connectivity index (χ1) is 4.83. The minimum absolute atomic E-state index is 0.100. The molecule has 1 rings (SSSR count). The molecular weight excluding hydrogens is 370 g/mol. The van der Waals surface area contributed by atoms with Gasteiger partial charge in [-0.1, -0.05) is 51.6 Å². The Morgan fingerprint density at radius 2 is 1.40 bits per heavy atom. The molecule has 3 heteroatoms. The summed E-state index contributed by atoms with van der Waals surface area (Å²) in [7, 11) is -0.100. The van der Waals surface area contributed by atoms with E-state index in [2.05, 4.69) is 45.2 Å². The van der Waals surface area contributed by atoms with E-state index in [0.717, 1.165) is 0 Å². The van der Waals surface area contributed by atoms with Gasteiger partial charge in [0.05, 0.1) is 0 Å². The van der Waals surface area contributed by atoms with Crippen molar-refractivity contribution in [1.82, 2.24) is 0 Å². The zero-order valence-electron chi connectivity index (χ0n) is 6.11. The van der Waals surface area contributed by atoms with Gasteiger partial charge in [0, 0.05) is 7.52 Å². The minimum Gasteiger partial charge on any atom is -0.223 e. The van der Waals surface area contributed by atoms with E-state index in [1.807, 2.05) is 0 Å². The second-order valence-corrected chi connectivity index (χ2v) is 10.4. The predicted octanol–water partition coefficient (Wildman–Crippen LogP) is 3.76. The molecule has 1 aliphatic rings. The molecule has 0 unspecified atom stereocenters. The molecule has 0 aliphatic carbocycles. The third-order valence-corrected chi connectivity index (χ3v) is 13.3. The highest BCUT2D eigenvalue weighted by Gasteiger charge is 2.23. The molecular formula is C7H14I2S. The fourth-order valence-electron chi connectivity index (χ4n) is 1.34. The zero-order chi connectivity index (χ0) is 7.45. The smallest absolute Gasteiger partial charge is 0.0304 e. The van der Waals surface area contributed by atoms with Gasteiger partial charge in [-0.05, 0) is 24.3 Å². The van der Waals surface area contributed by atoms with Gasteiger partial charge in [-0.15, -0.1) is 0 Å². The van der Waals surface area contributed by atoms with Crippen molar-refractivity contribution in [2.45, 2.75) is 19.3 Å². The Morgan fingerprint density at radius 1 is 0.900 bits per heavy atom. The first-order valence-corrected chi connectivity index (χ1v) is 9.05. The van der Waals surface area contributed by atoms with Crippen molar-refractivity contribution in [3.63, 3.8) is 0 Å². The van der Waals surface area contributed by atoms with Crippen LogP contribution < -0.4 is 0 Å². The van der Waals surface area contributed by atoms with Crippen molar-refractivity contribution in [2.75, 3.05) is 19.0 Å². The first kappa shape index (κ1) is 9.89. The van der Waals surface area contributed by atoms with Crippen molar-refractivity contribution in [3.8, 4) is 0 Å². The van der Waals surface area contributed by atoms with Crippen LogP contribution in [0, 0.1) is 0 Å². The maximum Gasteiger partial charge on any atom is 0.0304 e. The molecule has 0 aromatic carbocycles. The van der Waals surface area contributed by atoms with E-state index in [1.165, 1.54) is 26.8 Å². The van der Waals surface area contributed by atoms with E-state index in [0.29, 0.717) is 0 Å². The van der Waals surface area contributed by atoms with E-state index >= 15 is 0 Å². The van der Waals surface area contributed by atoms with Crippen LogP contribution in [-0.4, -0.2) is 19.0 Å². The average molecular weight is 384 g/mol. The van der Waals surface area contributed by atoms with E-state index in [9.17, 15) is 0 Å².